The number of hydrogen-bond donors (Lipinski definition) is 0. The summed E-state index contributed by atoms with van der Waals surface area (Å²) in [6.45, 7) is 0. The highest BCUT2D eigenvalue weighted by molar-refractivity contribution is 6.10. The molecule has 0 amide bonds. The molecular weight excluding hydrogens is 749 g/mol. The second-order valence-corrected chi connectivity index (χ2v) is 13.4. The molecule has 0 saturated carbocycles. The molecule has 0 unspecified atom stereocenters. The Hall–Kier alpha value is -8.20. The minimum atomic E-state index is -1.24. The third-order valence-electron chi connectivity index (χ3n) is 9.73. The lowest BCUT2D eigenvalue weighted by Gasteiger charge is -2.26. The minimum absolute atomic E-state index is 0.0637. The molecule has 10 aromatic carbocycles. The zero-order valence-electron chi connectivity index (χ0n) is 61.8. The molecule has 1 heterocycles. The van der Waals surface area contributed by atoms with Gasteiger partial charge in [-0.15, -0.1) is 0 Å². The van der Waals surface area contributed by atoms with Gasteiger partial charge < -0.3 is 9.47 Å². The van der Waals surface area contributed by atoms with Crippen LogP contribution in [0.5, 0.6) is 0 Å². The van der Waals surface area contributed by atoms with Gasteiger partial charge in [-0.25, -0.2) is 0 Å². The summed E-state index contributed by atoms with van der Waals surface area (Å²) in [5.41, 5.74) is -8.06. The molecule has 0 fully saturated rings. The Labute approximate surface area is 405 Å². The zero-order chi connectivity index (χ0) is 67.4. The largest absolute Gasteiger partial charge is 0.310 e. The number of aromatic nitrogens is 1. The average Bonchev–Trinajstić information content (AvgIpc) is 0.763. The summed E-state index contributed by atoms with van der Waals surface area (Å²) in [7, 11) is 0. The van der Waals surface area contributed by atoms with E-state index in [2.05, 4.69) is 0 Å². The van der Waals surface area contributed by atoms with Gasteiger partial charge in [0.2, 0.25) is 0 Å². The van der Waals surface area contributed by atoms with Gasteiger partial charge in [0.1, 0.15) is 0 Å². The van der Waals surface area contributed by atoms with E-state index < -0.39 is 248 Å². The third-order valence-corrected chi connectivity index (χ3v) is 9.73. The monoisotopic (exact) mass is 821 g/mol. The van der Waals surface area contributed by atoms with Crippen LogP contribution in [0.15, 0.2) is 254 Å². The average molecular weight is 821 g/mol. The summed E-state index contributed by atoms with van der Waals surface area (Å²) in [5.74, 6) is 0. The fourth-order valence-corrected chi connectivity index (χ4v) is 6.87. The summed E-state index contributed by atoms with van der Waals surface area (Å²) in [5, 5.41) is 1.26. The molecule has 0 atom stereocenters. The van der Waals surface area contributed by atoms with Crippen LogP contribution in [-0.4, -0.2) is 4.57 Å². The molecule has 11 rings (SSSR count). The third kappa shape index (κ3) is 7.04. The standard InChI is InChI=1S/C60H42N2/c1-4-13-43(14-5-1)45-23-27-47(28-24-45)49-31-36-54(37-32-49)61(55-38-33-50(34-39-55)48-29-25-46(26-30-48)44-15-6-2-7-16-44)56-20-12-17-51(41-56)52-35-40-60-58(42-52)57-21-10-11-22-59(57)62(60)53-18-8-3-9-19-53/h1-42H/i1D,2D,4D,5D,6D,7D,12D,13D,14D,15D,16D,17D,20D,23D,24D,25D,26D,27D,28D,29D,30D,31D,32D,33D,34D,36D,37D,38D,39D,41D. The molecule has 11 aromatic rings. The number of fused-ring (bicyclic) bond motifs is 3. The Bertz CT molecular complexity index is 4740. The summed E-state index contributed by atoms with van der Waals surface area (Å²) in [4.78, 5) is 0.452. The smallest absolute Gasteiger partial charge is 0.0651 e. The topological polar surface area (TPSA) is 8.17 Å². The lowest BCUT2D eigenvalue weighted by molar-refractivity contribution is 1.18. The maximum atomic E-state index is 10.1. The van der Waals surface area contributed by atoms with Crippen LogP contribution in [0.1, 0.15) is 41.1 Å². The molecule has 0 aliphatic heterocycles. The van der Waals surface area contributed by atoms with Gasteiger partial charge in [-0.1, -0.05) is 187 Å². The lowest BCUT2D eigenvalue weighted by Crippen LogP contribution is -2.10. The van der Waals surface area contributed by atoms with Crippen molar-refractivity contribution in [1.82, 2.24) is 4.57 Å². The van der Waals surface area contributed by atoms with Gasteiger partial charge in [0.15, 0.2) is 0 Å². The quantitative estimate of drug-likeness (QED) is 0.141. The molecule has 62 heavy (non-hydrogen) atoms. The van der Waals surface area contributed by atoms with E-state index in [0.717, 1.165) is 11.2 Å². The molecule has 0 bridgehead atoms. The predicted octanol–water partition coefficient (Wildman–Crippen LogP) is 16.6. The first kappa shape index (κ1) is 17.0. The van der Waals surface area contributed by atoms with E-state index in [1.165, 1.54) is 6.07 Å². The fourth-order valence-electron chi connectivity index (χ4n) is 6.87. The van der Waals surface area contributed by atoms with Crippen molar-refractivity contribution in [3.05, 3.63) is 254 Å². The van der Waals surface area contributed by atoms with Crippen LogP contribution in [-0.2, 0) is 0 Å². The maximum Gasteiger partial charge on any atom is 0.0651 e. The van der Waals surface area contributed by atoms with Crippen molar-refractivity contribution < 1.29 is 41.1 Å². The molecule has 2 nitrogen and oxygen atoms in total. The Morgan fingerprint density at radius 2 is 0.742 bits per heavy atom. The van der Waals surface area contributed by atoms with Gasteiger partial charge in [-0.05, 0) is 122 Å². The van der Waals surface area contributed by atoms with Crippen molar-refractivity contribution in [2.24, 2.45) is 0 Å². The number of nitrogens with zero attached hydrogens (tertiary/aromatic N) is 2. The molecule has 0 aliphatic rings. The highest BCUT2D eigenvalue weighted by atomic mass is 15.1. The Morgan fingerprint density at radius 1 is 0.306 bits per heavy atom. The van der Waals surface area contributed by atoms with Gasteiger partial charge in [-0.2, -0.15) is 0 Å². The number of hydrogen-bond acceptors (Lipinski definition) is 1. The number of anilines is 3. The van der Waals surface area contributed by atoms with Crippen LogP contribution >= 0.6 is 0 Å². The molecule has 0 N–H and O–H groups in total. The second kappa shape index (κ2) is 16.1. The molecule has 2 heteroatoms. The normalized spacial score (nSPS) is 18.0. The Balaban J connectivity index is 1.22. The summed E-state index contributed by atoms with van der Waals surface area (Å²) < 4.78 is 274. The molecule has 1 aromatic heterocycles. The van der Waals surface area contributed by atoms with Crippen molar-refractivity contribution in [3.63, 3.8) is 0 Å². The Morgan fingerprint density at radius 3 is 1.27 bits per heavy atom. The van der Waals surface area contributed by atoms with Gasteiger partial charge in [-0.3, -0.25) is 0 Å². The van der Waals surface area contributed by atoms with Crippen LogP contribution in [0.25, 0.3) is 83.1 Å². The van der Waals surface area contributed by atoms with E-state index in [0.29, 0.717) is 21.2 Å². The lowest BCUT2D eigenvalue weighted by atomic mass is 9.99. The SMILES string of the molecule is [2H]c1c([2H])c([2H])c(-c2c([2H])c([2H])c(-c3c([2H])c([2H])c(N(c4c([2H])c([2H])c(-c5c([2H])c([2H])c(-c6c([2H])c([2H])c([2H])c([2H])c6[2H])c([2H])c5[2H])c([2H])c4[2H])c4c([2H])c([2H])c([2H])c(-c5ccc6c(c5)c5ccccc5n6-c5ccccc5)c4[2H])c([2H])c3[2H])c([2H])c2[2H])c([2H])c1[2H]. The highest BCUT2D eigenvalue weighted by Gasteiger charge is 2.17. The van der Waals surface area contributed by atoms with E-state index in [1.807, 2.05) is 53.1 Å². The van der Waals surface area contributed by atoms with Gasteiger partial charge in [0.25, 0.3) is 0 Å². The van der Waals surface area contributed by atoms with Crippen LogP contribution in [0.2, 0.25) is 0 Å². The van der Waals surface area contributed by atoms with E-state index in [4.69, 9.17) is 19.2 Å². The molecule has 0 radical (unpaired) electrons. The van der Waals surface area contributed by atoms with Crippen molar-refractivity contribution in [1.29, 1.82) is 0 Å². The van der Waals surface area contributed by atoms with Crippen LogP contribution < -0.4 is 4.90 Å². The summed E-state index contributed by atoms with van der Waals surface area (Å²) in [6, 6.07) is -9.28. The molecule has 0 aliphatic carbocycles. The maximum absolute atomic E-state index is 10.1. The van der Waals surface area contributed by atoms with Gasteiger partial charge in [0, 0.05) is 33.5 Å². The van der Waals surface area contributed by atoms with Crippen LogP contribution in [0, 0.1) is 0 Å². The van der Waals surface area contributed by atoms with Crippen LogP contribution in [0.4, 0.5) is 17.1 Å². The van der Waals surface area contributed by atoms with Crippen molar-refractivity contribution in [3.8, 4) is 61.3 Å². The van der Waals surface area contributed by atoms with Gasteiger partial charge >= 0.3 is 0 Å². The van der Waals surface area contributed by atoms with Crippen molar-refractivity contribution >= 4 is 38.9 Å². The first-order valence-electron chi connectivity index (χ1n) is 33.8. The van der Waals surface area contributed by atoms with E-state index in [-0.39, 0.29) is 5.56 Å². The second-order valence-electron chi connectivity index (χ2n) is 13.4. The number of rotatable bonds is 9. The fraction of sp³-hybridized carbons (Fsp3) is 0. The van der Waals surface area contributed by atoms with Crippen molar-refractivity contribution in [2.75, 3.05) is 4.90 Å². The summed E-state index contributed by atoms with van der Waals surface area (Å²) >= 11 is 0. The van der Waals surface area contributed by atoms with Crippen LogP contribution in [0.3, 0.4) is 0 Å². The molecule has 0 saturated heterocycles. The first-order chi connectivity index (χ1) is 43.3. The Kier molecular flexibility index (Phi) is 4.43. The zero-order valence-corrected chi connectivity index (χ0v) is 31.8. The van der Waals surface area contributed by atoms with E-state index in [1.54, 1.807) is 18.2 Å². The molecule has 292 valence electrons. The molecular formula is C60H42N2. The minimum Gasteiger partial charge on any atom is -0.310 e. The predicted molar refractivity (Wildman–Crippen MR) is 263 cm³/mol. The van der Waals surface area contributed by atoms with Crippen molar-refractivity contribution in [2.45, 2.75) is 0 Å². The van der Waals surface area contributed by atoms with E-state index in [9.17, 15) is 21.9 Å². The van der Waals surface area contributed by atoms with Gasteiger partial charge in [0.05, 0.1) is 52.2 Å². The molecule has 0 spiro atoms. The highest BCUT2D eigenvalue weighted by Crippen LogP contribution is 2.40. The summed E-state index contributed by atoms with van der Waals surface area (Å²) in [6.07, 6.45) is 0. The van der Waals surface area contributed by atoms with E-state index >= 15 is 0 Å². The first-order valence-corrected chi connectivity index (χ1v) is 18.8. The number of para-hydroxylation sites is 2. The number of benzene rings is 10.